The summed E-state index contributed by atoms with van der Waals surface area (Å²) in [4.78, 5) is 16.0. The lowest BCUT2D eigenvalue weighted by Crippen LogP contribution is -2.41. The largest absolute Gasteiger partial charge is 0.372 e. The zero-order valence-electron chi connectivity index (χ0n) is 13.1. The van der Waals surface area contributed by atoms with Gasteiger partial charge in [-0.2, -0.15) is 5.10 Å². The lowest BCUT2D eigenvalue weighted by Gasteiger charge is -2.34. The minimum absolute atomic E-state index is 0.0590. The number of hydrogen-bond donors (Lipinski definition) is 0. The van der Waals surface area contributed by atoms with E-state index >= 15 is 0 Å². The molecule has 0 aliphatic carbocycles. The molecule has 0 radical (unpaired) electrons. The monoisotopic (exact) mass is 331 g/mol. The van der Waals surface area contributed by atoms with E-state index in [2.05, 4.69) is 16.5 Å². The van der Waals surface area contributed by atoms with Gasteiger partial charge in [0.2, 0.25) is 5.91 Å². The number of carbonyl (C=O) groups is 1. The van der Waals surface area contributed by atoms with Crippen LogP contribution in [0.15, 0.2) is 29.9 Å². The van der Waals surface area contributed by atoms with Crippen molar-refractivity contribution < 1.29 is 9.53 Å². The van der Waals surface area contributed by atoms with E-state index < -0.39 is 0 Å². The highest BCUT2D eigenvalue weighted by atomic mass is 32.1. The molecule has 122 valence electrons. The molecule has 2 atom stereocenters. The first-order valence-corrected chi connectivity index (χ1v) is 9.14. The standard InChI is InChI=1S/C17H21N3O2S/c21-16(11-15-17-13(4-9-22-15)5-10-23-17)19-7-1-3-14(12-19)20-8-2-6-18-20/h2,5-6,8,10,14-15H,1,3-4,7,9,11-12H2/t14-,15-/m1/s1. The molecule has 4 heterocycles. The number of carbonyl (C=O) groups excluding carboxylic acids is 1. The van der Waals surface area contributed by atoms with E-state index in [0.29, 0.717) is 12.5 Å². The molecule has 23 heavy (non-hydrogen) atoms. The van der Waals surface area contributed by atoms with Crippen molar-refractivity contribution in [3.63, 3.8) is 0 Å². The second kappa shape index (κ2) is 6.45. The first-order chi connectivity index (χ1) is 11.3. The number of aromatic nitrogens is 2. The fourth-order valence-electron chi connectivity index (χ4n) is 3.56. The Morgan fingerprint density at radius 2 is 2.43 bits per heavy atom. The van der Waals surface area contributed by atoms with Gasteiger partial charge in [-0.25, -0.2) is 0 Å². The van der Waals surface area contributed by atoms with Gasteiger partial charge in [-0.1, -0.05) is 0 Å². The average Bonchev–Trinajstić information content (AvgIpc) is 3.27. The second-order valence-corrected chi connectivity index (χ2v) is 7.19. The molecule has 0 saturated carbocycles. The van der Waals surface area contributed by atoms with Crippen LogP contribution in [0.3, 0.4) is 0 Å². The Hall–Kier alpha value is -1.66. The first-order valence-electron chi connectivity index (χ1n) is 8.26. The summed E-state index contributed by atoms with van der Waals surface area (Å²) in [6.45, 7) is 2.32. The minimum Gasteiger partial charge on any atom is -0.372 e. The van der Waals surface area contributed by atoms with Crippen LogP contribution in [-0.2, 0) is 16.0 Å². The predicted molar refractivity (Wildman–Crippen MR) is 88.4 cm³/mol. The van der Waals surface area contributed by atoms with Gasteiger partial charge in [0.15, 0.2) is 0 Å². The molecule has 1 fully saturated rings. The summed E-state index contributed by atoms with van der Waals surface area (Å²) < 4.78 is 7.85. The van der Waals surface area contributed by atoms with Gasteiger partial charge in [0.25, 0.3) is 0 Å². The summed E-state index contributed by atoms with van der Waals surface area (Å²) >= 11 is 1.71. The number of fused-ring (bicyclic) bond motifs is 1. The van der Waals surface area contributed by atoms with Gasteiger partial charge in [-0.05, 0) is 42.3 Å². The highest BCUT2D eigenvalue weighted by Gasteiger charge is 2.29. The van der Waals surface area contributed by atoms with Crippen LogP contribution < -0.4 is 0 Å². The Morgan fingerprint density at radius 3 is 3.30 bits per heavy atom. The van der Waals surface area contributed by atoms with Crippen molar-refractivity contribution in [1.82, 2.24) is 14.7 Å². The number of likely N-dealkylation sites (tertiary alicyclic amines) is 1. The van der Waals surface area contributed by atoms with Gasteiger partial charge in [0, 0.05) is 30.4 Å². The Kier molecular flexibility index (Phi) is 4.18. The molecule has 2 aliphatic heterocycles. The Labute approximate surface area is 139 Å². The molecule has 0 aromatic carbocycles. The lowest BCUT2D eigenvalue weighted by atomic mass is 10.0. The van der Waals surface area contributed by atoms with Gasteiger partial charge in [-0.15, -0.1) is 11.3 Å². The number of nitrogens with zero attached hydrogens (tertiary/aromatic N) is 3. The Morgan fingerprint density at radius 1 is 1.48 bits per heavy atom. The molecule has 2 aromatic heterocycles. The molecular weight excluding hydrogens is 310 g/mol. The molecule has 2 aromatic rings. The van der Waals surface area contributed by atoms with E-state index in [4.69, 9.17) is 4.74 Å². The molecule has 0 N–H and O–H groups in total. The first kappa shape index (κ1) is 14.9. The Bertz CT molecular complexity index is 667. The summed E-state index contributed by atoms with van der Waals surface area (Å²) in [7, 11) is 0. The third-order valence-corrected chi connectivity index (χ3v) is 5.82. The zero-order valence-corrected chi connectivity index (χ0v) is 13.9. The second-order valence-electron chi connectivity index (χ2n) is 6.25. The molecule has 4 rings (SSSR count). The topological polar surface area (TPSA) is 47.4 Å². The number of thiophene rings is 1. The summed E-state index contributed by atoms with van der Waals surface area (Å²) in [5.41, 5.74) is 1.35. The van der Waals surface area contributed by atoms with Crippen molar-refractivity contribution in [3.8, 4) is 0 Å². The molecule has 0 bridgehead atoms. The maximum atomic E-state index is 12.7. The van der Waals surface area contributed by atoms with Gasteiger partial charge < -0.3 is 9.64 Å². The van der Waals surface area contributed by atoms with Gasteiger partial charge in [0.1, 0.15) is 6.10 Å². The Balaban J connectivity index is 1.42. The molecule has 5 nitrogen and oxygen atoms in total. The van der Waals surface area contributed by atoms with E-state index in [9.17, 15) is 4.79 Å². The normalized spacial score (nSPS) is 24.4. The highest BCUT2D eigenvalue weighted by molar-refractivity contribution is 7.10. The van der Waals surface area contributed by atoms with Crippen molar-refractivity contribution >= 4 is 17.2 Å². The number of ether oxygens (including phenoxy) is 1. The van der Waals surface area contributed by atoms with Crippen molar-refractivity contribution in [2.45, 2.75) is 37.8 Å². The molecular formula is C17H21N3O2S. The van der Waals surface area contributed by atoms with Crippen LogP contribution in [0.5, 0.6) is 0 Å². The van der Waals surface area contributed by atoms with E-state index in [-0.39, 0.29) is 12.0 Å². The van der Waals surface area contributed by atoms with Crippen LogP contribution in [0.25, 0.3) is 0 Å². The minimum atomic E-state index is -0.0590. The van der Waals surface area contributed by atoms with E-state index in [1.807, 2.05) is 21.8 Å². The maximum absolute atomic E-state index is 12.7. The number of rotatable bonds is 3. The zero-order chi connectivity index (χ0) is 15.6. The number of amides is 1. The fourth-order valence-corrected chi connectivity index (χ4v) is 4.56. The maximum Gasteiger partial charge on any atom is 0.225 e. The highest BCUT2D eigenvalue weighted by Crippen LogP contribution is 2.34. The molecule has 1 saturated heterocycles. The molecule has 6 heteroatoms. The van der Waals surface area contributed by atoms with Crippen molar-refractivity contribution in [1.29, 1.82) is 0 Å². The fraction of sp³-hybridized carbons (Fsp3) is 0.529. The van der Waals surface area contributed by atoms with Crippen molar-refractivity contribution in [3.05, 3.63) is 40.3 Å². The molecule has 1 amide bonds. The van der Waals surface area contributed by atoms with Gasteiger partial charge in [0.05, 0.1) is 19.1 Å². The van der Waals surface area contributed by atoms with Crippen LogP contribution >= 0.6 is 11.3 Å². The van der Waals surface area contributed by atoms with Gasteiger partial charge >= 0.3 is 0 Å². The lowest BCUT2D eigenvalue weighted by molar-refractivity contribution is -0.136. The number of hydrogen-bond acceptors (Lipinski definition) is 4. The van der Waals surface area contributed by atoms with Crippen LogP contribution in [-0.4, -0.2) is 40.3 Å². The summed E-state index contributed by atoms with van der Waals surface area (Å²) in [5, 5.41) is 6.43. The third kappa shape index (κ3) is 3.05. The van der Waals surface area contributed by atoms with Crippen LogP contribution in [0.1, 0.15) is 41.8 Å². The van der Waals surface area contributed by atoms with E-state index in [0.717, 1.165) is 39.0 Å². The van der Waals surface area contributed by atoms with E-state index in [1.54, 1.807) is 17.5 Å². The van der Waals surface area contributed by atoms with Crippen LogP contribution in [0.4, 0.5) is 0 Å². The number of piperidine rings is 1. The van der Waals surface area contributed by atoms with E-state index in [1.165, 1.54) is 10.4 Å². The van der Waals surface area contributed by atoms with Crippen LogP contribution in [0, 0.1) is 0 Å². The van der Waals surface area contributed by atoms with Gasteiger partial charge in [-0.3, -0.25) is 9.48 Å². The average molecular weight is 331 g/mol. The summed E-state index contributed by atoms with van der Waals surface area (Å²) in [6.07, 6.45) is 7.27. The molecule has 2 aliphatic rings. The molecule has 0 unspecified atom stereocenters. The quantitative estimate of drug-likeness (QED) is 0.869. The smallest absolute Gasteiger partial charge is 0.225 e. The summed E-state index contributed by atoms with van der Waals surface area (Å²) in [6, 6.07) is 4.40. The predicted octanol–water partition coefficient (Wildman–Crippen LogP) is 2.81. The third-order valence-electron chi connectivity index (χ3n) is 4.77. The summed E-state index contributed by atoms with van der Waals surface area (Å²) in [5.74, 6) is 0.202. The van der Waals surface area contributed by atoms with Crippen molar-refractivity contribution in [2.24, 2.45) is 0 Å². The van der Waals surface area contributed by atoms with Crippen LogP contribution in [0.2, 0.25) is 0 Å². The van der Waals surface area contributed by atoms with Crippen molar-refractivity contribution in [2.75, 3.05) is 19.7 Å². The molecule has 0 spiro atoms. The SMILES string of the molecule is O=C(C[C@H]1OCCc2ccsc21)N1CCC[C@@H](n2cccn2)C1.